The van der Waals surface area contributed by atoms with Crippen LogP contribution in [-0.4, -0.2) is 16.5 Å². The molecule has 1 fully saturated rings. The van der Waals surface area contributed by atoms with Crippen molar-refractivity contribution in [3.05, 3.63) is 0 Å². The predicted molar refractivity (Wildman–Crippen MR) is 66.3 cm³/mol. The van der Waals surface area contributed by atoms with Crippen LogP contribution in [0.2, 0.25) is 0 Å². The third-order valence-corrected chi connectivity index (χ3v) is 4.13. The maximum atomic E-state index is 12.0. The molecular formula is C14H26O2. The Hall–Kier alpha value is -0.370. The molecule has 0 saturated heterocycles. The molecule has 0 heterocycles. The Morgan fingerprint density at radius 3 is 2.75 bits per heavy atom. The fourth-order valence-electron chi connectivity index (χ4n) is 2.94. The zero-order chi connectivity index (χ0) is 12.2. The molecule has 0 radical (unpaired) electrons. The van der Waals surface area contributed by atoms with Crippen molar-refractivity contribution < 1.29 is 9.90 Å². The molecule has 1 saturated carbocycles. The lowest BCUT2D eigenvalue weighted by Gasteiger charge is -2.40. The van der Waals surface area contributed by atoms with E-state index >= 15 is 0 Å². The first kappa shape index (κ1) is 13.7. The Morgan fingerprint density at radius 1 is 1.50 bits per heavy atom. The zero-order valence-electron chi connectivity index (χ0n) is 11.0. The van der Waals surface area contributed by atoms with Gasteiger partial charge in [0.2, 0.25) is 0 Å². The number of hydrogen-bond donors (Lipinski definition) is 1. The second-order valence-electron chi connectivity index (χ2n) is 5.57. The smallest absolute Gasteiger partial charge is 0.136 e. The van der Waals surface area contributed by atoms with Crippen molar-refractivity contribution >= 4 is 5.78 Å². The topological polar surface area (TPSA) is 37.3 Å². The van der Waals surface area contributed by atoms with Gasteiger partial charge in [0.1, 0.15) is 5.78 Å². The molecule has 0 aliphatic heterocycles. The second kappa shape index (κ2) is 5.81. The highest BCUT2D eigenvalue weighted by Crippen LogP contribution is 2.38. The van der Waals surface area contributed by atoms with Crippen LogP contribution in [0.25, 0.3) is 0 Å². The molecule has 3 atom stereocenters. The van der Waals surface area contributed by atoms with E-state index in [-0.39, 0.29) is 11.8 Å². The summed E-state index contributed by atoms with van der Waals surface area (Å²) in [5.41, 5.74) is -0.625. The summed E-state index contributed by atoms with van der Waals surface area (Å²) in [4.78, 5) is 12.0. The van der Waals surface area contributed by atoms with E-state index in [1.54, 1.807) is 0 Å². The second-order valence-corrected chi connectivity index (χ2v) is 5.57. The van der Waals surface area contributed by atoms with Crippen LogP contribution in [0.5, 0.6) is 0 Å². The maximum absolute atomic E-state index is 12.0. The summed E-state index contributed by atoms with van der Waals surface area (Å²) in [7, 11) is 0. The van der Waals surface area contributed by atoms with Crippen LogP contribution in [0, 0.1) is 11.8 Å². The van der Waals surface area contributed by atoms with Gasteiger partial charge >= 0.3 is 0 Å². The summed E-state index contributed by atoms with van der Waals surface area (Å²) in [5.74, 6) is 0.543. The van der Waals surface area contributed by atoms with Gasteiger partial charge in [-0.2, -0.15) is 0 Å². The highest BCUT2D eigenvalue weighted by molar-refractivity contribution is 5.81. The molecule has 94 valence electrons. The summed E-state index contributed by atoms with van der Waals surface area (Å²) in [5, 5.41) is 10.3. The van der Waals surface area contributed by atoms with Crippen LogP contribution >= 0.6 is 0 Å². The van der Waals surface area contributed by atoms with Crippen LogP contribution in [0.1, 0.15) is 65.7 Å². The van der Waals surface area contributed by atoms with E-state index in [0.717, 1.165) is 38.5 Å². The van der Waals surface area contributed by atoms with Gasteiger partial charge in [0.05, 0.1) is 5.60 Å². The third-order valence-electron chi connectivity index (χ3n) is 4.13. The summed E-state index contributed by atoms with van der Waals surface area (Å²) in [6.45, 7) is 6.01. The van der Waals surface area contributed by atoms with Crippen molar-refractivity contribution in [2.24, 2.45) is 11.8 Å². The number of rotatable bonds is 5. The number of carbonyl (C=O) groups is 1. The Morgan fingerprint density at radius 2 is 2.19 bits per heavy atom. The van der Waals surface area contributed by atoms with E-state index in [2.05, 4.69) is 6.92 Å². The standard InChI is InChI=1S/C14H26O2/c1-4-5-9-13(15)11(2)12-8-6-7-10-14(12,3)16/h11-12,16H,4-10H2,1-3H3. The van der Waals surface area contributed by atoms with E-state index in [4.69, 9.17) is 0 Å². The third kappa shape index (κ3) is 3.31. The number of carbonyl (C=O) groups excluding carboxylic acids is 1. The van der Waals surface area contributed by atoms with Gasteiger partial charge in [-0.3, -0.25) is 4.79 Å². The van der Waals surface area contributed by atoms with Crippen LogP contribution in [0.3, 0.4) is 0 Å². The molecule has 0 spiro atoms. The fraction of sp³-hybridized carbons (Fsp3) is 0.929. The van der Waals surface area contributed by atoms with Gasteiger partial charge in [-0.1, -0.05) is 33.1 Å². The molecule has 0 aromatic rings. The molecular weight excluding hydrogens is 200 g/mol. The average molecular weight is 226 g/mol. The van der Waals surface area contributed by atoms with E-state index in [1.807, 2.05) is 13.8 Å². The highest BCUT2D eigenvalue weighted by atomic mass is 16.3. The Kier molecular flexibility index (Phi) is 4.97. The summed E-state index contributed by atoms with van der Waals surface area (Å²) in [6.07, 6.45) is 6.85. The molecule has 1 rings (SSSR count). The minimum atomic E-state index is -0.625. The van der Waals surface area contributed by atoms with Crippen molar-refractivity contribution in [2.45, 2.75) is 71.3 Å². The molecule has 0 amide bonds. The zero-order valence-corrected chi connectivity index (χ0v) is 11.0. The predicted octanol–water partition coefficient (Wildman–Crippen LogP) is 3.32. The Bertz CT molecular complexity index is 233. The monoisotopic (exact) mass is 226 g/mol. The lowest BCUT2D eigenvalue weighted by molar-refractivity contribution is -0.130. The normalized spacial score (nSPS) is 32.4. The first-order valence-electron chi connectivity index (χ1n) is 6.74. The number of aliphatic hydroxyl groups is 1. The van der Waals surface area contributed by atoms with Crippen molar-refractivity contribution in [1.82, 2.24) is 0 Å². The van der Waals surface area contributed by atoms with Gasteiger partial charge in [-0.05, 0) is 32.1 Å². The van der Waals surface area contributed by atoms with E-state index in [1.165, 1.54) is 0 Å². The molecule has 1 N–H and O–H groups in total. The Labute approximate surface area is 99.4 Å². The summed E-state index contributed by atoms with van der Waals surface area (Å²) in [6, 6.07) is 0. The first-order chi connectivity index (χ1) is 7.49. The lowest BCUT2D eigenvalue weighted by Crippen LogP contribution is -2.43. The van der Waals surface area contributed by atoms with Crippen LogP contribution < -0.4 is 0 Å². The van der Waals surface area contributed by atoms with Gasteiger partial charge in [-0.15, -0.1) is 0 Å². The van der Waals surface area contributed by atoms with Crippen LogP contribution in [-0.2, 0) is 4.79 Å². The Balaban J connectivity index is 2.57. The van der Waals surface area contributed by atoms with Gasteiger partial charge in [0.15, 0.2) is 0 Å². The minimum absolute atomic E-state index is 0.0295. The average Bonchev–Trinajstić information content (AvgIpc) is 2.24. The quantitative estimate of drug-likeness (QED) is 0.780. The molecule has 0 aromatic carbocycles. The van der Waals surface area contributed by atoms with Gasteiger partial charge in [0, 0.05) is 12.3 Å². The molecule has 1 aliphatic rings. The van der Waals surface area contributed by atoms with Crippen LogP contribution in [0.15, 0.2) is 0 Å². The summed E-state index contributed by atoms with van der Waals surface area (Å²) >= 11 is 0. The molecule has 2 nitrogen and oxygen atoms in total. The first-order valence-corrected chi connectivity index (χ1v) is 6.74. The van der Waals surface area contributed by atoms with Crippen molar-refractivity contribution in [3.63, 3.8) is 0 Å². The van der Waals surface area contributed by atoms with Crippen molar-refractivity contribution in [2.75, 3.05) is 0 Å². The number of unbranched alkanes of at least 4 members (excludes halogenated alkanes) is 1. The van der Waals surface area contributed by atoms with Crippen molar-refractivity contribution in [3.8, 4) is 0 Å². The van der Waals surface area contributed by atoms with Gasteiger partial charge < -0.3 is 5.11 Å². The van der Waals surface area contributed by atoms with E-state index < -0.39 is 5.60 Å². The van der Waals surface area contributed by atoms with Gasteiger partial charge in [-0.25, -0.2) is 0 Å². The molecule has 0 aromatic heterocycles. The van der Waals surface area contributed by atoms with Crippen LogP contribution in [0.4, 0.5) is 0 Å². The largest absolute Gasteiger partial charge is 0.390 e. The number of ketones is 1. The maximum Gasteiger partial charge on any atom is 0.136 e. The number of hydrogen-bond acceptors (Lipinski definition) is 2. The highest BCUT2D eigenvalue weighted by Gasteiger charge is 2.39. The summed E-state index contributed by atoms with van der Waals surface area (Å²) < 4.78 is 0. The number of Topliss-reactive ketones (excluding diaryl/α,β-unsaturated/α-hetero) is 1. The van der Waals surface area contributed by atoms with E-state index in [9.17, 15) is 9.90 Å². The lowest BCUT2D eigenvalue weighted by atomic mass is 9.69. The molecule has 3 unspecified atom stereocenters. The molecule has 2 heteroatoms. The van der Waals surface area contributed by atoms with E-state index in [0.29, 0.717) is 12.2 Å². The molecule has 16 heavy (non-hydrogen) atoms. The minimum Gasteiger partial charge on any atom is -0.390 e. The van der Waals surface area contributed by atoms with Crippen molar-refractivity contribution in [1.29, 1.82) is 0 Å². The molecule has 0 bridgehead atoms. The fourth-order valence-corrected chi connectivity index (χ4v) is 2.94. The van der Waals surface area contributed by atoms with Gasteiger partial charge in [0.25, 0.3) is 0 Å². The SMILES string of the molecule is CCCCC(=O)C(C)C1CCCCC1(C)O. The molecule has 1 aliphatic carbocycles.